The summed E-state index contributed by atoms with van der Waals surface area (Å²) in [5, 5.41) is 8.64. The molecule has 1 aliphatic carbocycles. The molecule has 0 spiro atoms. The van der Waals surface area contributed by atoms with Gasteiger partial charge in [-0.3, -0.25) is 4.79 Å². The number of carboxylic acids is 1. The molecule has 0 unspecified atom stereocenters. The molecule has 0 aromatic carbocycles. The third-order valence-corrected chi connectivity index (χ3v) is 3.45. The first kappa shape index (κ1) is 9.49. The van der Waals surface area contributed by atoms with Gasteiger partial charge in [0.05, 0.1) is 0 Å². The van der Waals surface area contributed by atoms with Crippen LogP contribution in [-0.4, -0.2) is 34.5 Å². The molecule has 2 aliphatic rings. The summed E-state index contributed by atoms with van der Waals surface area (Å²) in [6.45, 7) is 0.639. The third kappa shape index (κ3) is 1.49. The van der Waals surface area contributed by atoms with Crippen molar-refractivity contribution in [1.29, 1.82) is 0 Å². The highest BCUT2D eigenvalue weighted by Crippen LogP contribution is 2.35. The van der Waals surface area contributed by atoms with Crippen molar-refractivity contribution in [2.24, 2.45) is 5.92 Å². The molecule has 14 heavy (non-hydrogen) atoms. The molecular formula is C10H15NO3. The number of aliphatic carboxylic acids is 1. The fourth-order valence-corrected chi connectivity index (χ4v) is 2.78. The lowest BCUT2D eigenvalue weighted by atomic mass is 9.85. The lowest BCUT2D eigenvalue weighted by Gasteiger charge is -2.30. The van der Waals surface area contributed by atoms with Gasteiger partial charge in [-0.15, -0.1) is 0 Å². The first-order chi connectivity index (χ1) is 6.70. The van der Waals surface area contributed by atoms with E-state index in [4.69, 9.17) is 5.11 Å². The third-order valence-electron chi connectivity index (χ3n) is 3.45. The second-order valence-electron chi connectivity index (χ2n) is 4.20. The zero-order valence-corrected chi connectivity index (χ0v) is 8.11. The number of nitrogens with zero attached hydrogens (tertiary/aromatic N) is 1. The predicted molar refractivity (Wildman–Crippen MR) is 49.7 cm³/mol. The maximum Gasteiger partial charge on any atom is 0.394 e. The van der Waals surface area contributed by atoms with Crippen molar-refractivity contribution < 1.29 is 14.7 Å². The Labute approximate surface area is 82.9 Å². The number of rotatable bonds is 0. The highest BCUT2D eigenvalue weighted by atomic mass is 16.4. The van der Waals surface area contributed by atoms with Gasteiger partial charge in [-0.2, -0.15) is 0 Å². The molecule has 2 fully saturated rings. The van der Waals surface area contributed by atoms with E-state index in [9.17, 15) is 9.59 Å². The molecule has 1 heterocycles. The number of fused-ring (bicyclic) bond motifs is 1. The Morgan fingerprint density at radius 2 is 1.86 bits per heavy atom. The topological polar surface area (TPSA) is 57.6 Å². The van der Waals surface area contributed by atoms with E-state index >= 15 is 0 Å². The van der Waals surface area contributed by atoms with E-state index in [1.165, 1.54) is 6.42 Å². The lowest BCUT2D eigenvalue weighted by molar-refractivity contribution is -0.156. The van der Waals surface area contributed by atoms with Gasteiger partial charge < -0.3 is 10.0 Å². The quantitative estimate of drug-likeness (QED) is 0.586. The van der Waals surface area contributed by atoms with Crippen molar-refractivity contribution in [2.75, 3.05) is 6.54 Å². The zero-order chi connectivity index (χ0) is 10.1. The first-order valence-corrected chi connectivity index (χ1v) is 5.24. The van der Waals surface area contributed by atoms with Gasteiger partial charge in [-0.25, -0.2) is 4.79 Å². The van der Waals surface area contributed by atoms with Crippen LogP contribution in [0.5, 0.6) is 0 Å². The van der Waals surface area contributed by atoms with Crippen molar-refractivity contribution in [3.63, 3.8) is 0 Å². The van der Waals surface area contributed by atoms with Gasteiger partial charge >= 0.3 is 11.9 Å². The standard InChI is InChI=1S/C10H15NO3/c12-9(10(13)14)11-6-5-7-3-1-2-4-8(7)11/h7-8H,1-6H2,(H,13,14)/t7-,8-/m1/s1. The largest absolute Gasteiger partial charge is 0.474 e. The normalized spacial score (nSPS) is 31.3. The fraction of sp³-hybridized carbons (Fsp3) is 0.800. The summed E-state index contributed by atoms with van der Waals surface area (Å²) < 4.78 is 0. The summed E-state index contributed by atoms with van der Waals surface area (Å²) in [6, 6.07) is 0.215. The lowest BCUT2D eigenvalue weighted by Crippen LogP contribution is -2.42. The Kier molecular flexibility index (Phi) is 2.44. The minimum Gasteiger partial charge on any atom is -0.474 e. The molecule has 1 amide bonds. The van der Waals surface area contributed by atoms with Crippen LogP contribution in [0.15, 0.2) is 0 Å². The van der Waals surface area contributed by atoms with Crippen molar-refractivity contribution in [1.82, 2.24) is 4.90 Å². The highest BCUT2D eigenvalue weighted by molar-refractivity contribution is 6.31. The Balaban J connectivity index is 2.07. The molecule has 1 saturated heterocycles. The summed E-state index contributed by atoms with van der Waals surface area (Å²) in [6.07, 6.45) is 5.50. The molecule has 4 heteroatoms. The predicted octanol–water partition coefficient (Wildman–Crippen LogP) is 0.862. The van der Waals surface area contributed by atoms with E-state index in [-0.39, 0.29) is 6.04 Å². The minimum atomic E-state index is -1.31. The van der Waals surface area contributed by atoms with E-state index in [1.54, 1.807) is 4.90 Å². The number of carbonyl (C=O) groups excluding carboxylic acids is 1. The summed E-state index contributed by atoms with van der Waals surface area (Å²) in [5.74, 6) is -1.46. The maximum absolute atomic E-state index is 11.3. The molecule has 78 valence electrons. The van der Waals surface area contributed by atoms with Gasteiger partial charge in [0.15, 0.2) is 0 Å². The van der Waals surface area contributed by atoms with E-state index < -0.39 is 11.9 Å². The van der Waals surface area contributed by atoms with Gasteiger partial charge in [0, 0.05) is 12.6 Å². The second kappa shape index (κ2) is 3.59. The molecule has 0 bridgehead atoms. The van der Waals surface area contributed by atoms with Crippen LogP contribution in [-0.2, 0) is 9.59 Å². The Hall–Kier alpha value is -1.06. The molecule has 0 radical (unpaired) electrons. The highest BCUT2D eigenvalue weighted by Gasteiger charge is 2.39. The van der Waals surface area contributed by atoms with Gasteiger partial charge in [0.1, 0.15) is 0 Å². The number of carbonyl (C=O) groups is 2. The van der Waals surface area contributed by atoms with E-state index in [2.05, 4.69) is 0 Å². The van der Waals surface area contributed by atoms with Crippen LogP contribution in [0.1, 0.15) is 32.1 Å². The average Bonchev–Trinajstić information content (AvgIpc) is 2.60. The van der Waals surface area contributed by atoms with E-state index in [0.29, 0.717) is 12.5 Å². The van der Waals surface area contributed by atoms with Crippen LogP contribution in [0.25, 0.3) is 0 Å². The van der Waals surface area contributed by atoms with E-state index in [0.717, 1.165) is 25.7 Å². The summed E-state index contributed by atoms with van der Waals surface area (Å²) in [7, 11) is 0. The number of likely N-dealkylation sites (tertiary alicyclic amines) is 1. The van der Waals surface area contributed by atoms with Crippen LogP contribution < -0.4 is 0 Å². The van der Waals surface area contributed by atoms with Gasteiger partial charge in [-0.05, 0) is 25.2 Å². The number of amides is 1. The minimum absolute atomic E-state index is 0.215. The van der Waals surface area contributed by atoms with Gasteiger partial charge in [-0.1, -0.05) is 12.8 Å². The summed E-state index contributed by atoms with van der Waals surface area (Å²) >= 11 is 0. The van der Waals surface area contributed by atoms with Crippen molar-refractivity contribution in [2.45, 2.75) is 38.1 Å². The Morgan fingerprint density at radius 3 is 2.57 bits per heavy atom. The summed E-state index contributed by atoms with van der Waals surface area (Å²) in [4.78, 5) is 23.5. The second-order valence-corrected chi connectivity index (χ2v) is 4.20. The molecule has 1 N–H and O–H groups in total. The average molecular weight is 197 g/mol. The molecular weight excluding hydrogens is 182 g/mol. The molecule has 2 atom stereocenters. The SMILES string of the molecule is O=C(O)C(=O)N1CC[C@H]2CCCC[C@H]21. The Morgan fingerprint density at radius 1 is 1.14 bits per heavy atom. The van der Waals surface area contributed by atoms with Gasteiger partial charge in [0.2, 0.25) is 0 Å². The number of hydrogen-bond acceptors (Lipinski definition) is 2. The van der Waals surface area contributed by atoms with Crippen LogP contribution in [0, 0.1) is 5.92 Å². The van der Waals surface area contributed by atoms with Crippen LogP contribution in [0.3, 0.4) is 0 Å². The fourth-order valence-electron chi connectivity index (χ4n) is 2.78. The Bertz CT molecular complexity index is 264. The smallest absolute Gasteiger partial charge is 0.394 e. The monoisotopic (exact) mass is 197 g/mol. The van der Waals surface area contributed by atoms with Crippen molar-refractivity contribution in [3.05, 3.63) is 0 Å². The summed E-state index contributed by atoms with van der Waals surface area (Å²) in [5.41, 5.74) is 0. The molecule has 1 aliphatic heterocycles. The van der Waals surface area contributed by atoms with E-state index in [1.807, 2.05) is 0 Å². The molecule has 4 nitrogen and oxygen atoms in total. The maximum atomic E-state index is 11.3. The molecule has 0 aromatic heterocycles. The molecule has 0 aromatic rings. The van der Waals surface area contributed by atoms with Crippen LogP contribution >= 0.6 is 0 Å². The zero-order valence-electron chi connectivity index (χ0n) is 8.11. The molecule has 1 saturated carbocycles. The number of carboxylic acid groups (broad SMARTS) is 1. The van der Waals surface area contributed by atoms with Crippen molar-refractivity contribution in [3.8, 4) is 0 Å². The van der Waals surface area contributed by atoms with Crippen LogP contribution in [0.2, 0.25) is 0 Å². The van der Waals surface area contributed by atoms with Gasteiger partial charge in [0.25, 0.3) is 0 Å². The van der Waals surface area contributed by atoms with Crippen LogP contribution in [0.4, 0.5) is 0 Å². The van der Waals surface area contributed by atoms with Crippen molar-refractivity contribution >= 4 is 11.9 Å². The first-order valence-electron chi connectivity index (χ1n) is 5.24. The molecule has 2 rings (SSSR count). The number of hydrogen-bond donors (Lipinski definition) is 1.